The van der Waals surface area contributed by atoms with Gasteiger partial charge in [-0.1, -0.05) is 6.92 Å². The molecule has 1 rings (SSSR count). The van der Waals surface area contributed by atoms with Crippen LogP contribution >= 0.6 is 0 Å². The molecule has 2 heteroatoms. The van der Waals surface area contributed by atoms with E-state index in [9.17, 15) is 9.59 Å². The van der Waals surface area contributed by atoms with Gasteiger partial charge in [-0.15, -0.1) is 0 Å². The summed E-state index contributed by atoms with van der Waals surface area (Å²) in [5.41, 5.74) is 0. The van der Waals surface area contributed by atoms with Crippen molar-refractivity contribution in [2.45, 2.75) is 26.2 Å². The summed E-state index contributed by atoms with van der Waals surface area (Å²) in [4.78, 5) is 21.4. The van der Waals surface area contributed by atoms with Gasteiger partial charge in [0.05, 0.1) is 0 Å². The lowest BCUT2D eigenvalue weighted by Gasteiger charge is -2.07. The minimum absolute atomic E-state index is 0.0255. The molecule has 0 aromatic rings. The van der Waals surface area contributed by atoms with Crippen molar-refractivity contribution < 1.29 is 9.59 Å². The lowest BCUT2D eigenvalue weighted by atomic mass is 9.95. The SMILES string of the molecule is CC[C@H]1C(=O)CCC1C=O. The quantitative estimate of drug-likeness (QED) is 0.540. The van der Waals surface area contributed by atoms with E-state index >= 15 is 0 Å². The van der Waals surface area contributed by atoms with Gasteiger partial charge in [-0.05, 0) is 12.8 Å². The Kier molecular flexibility index (Phi) is 2.20. The molecule has 1 fully saturated rings. The fourth-order valence-electron chi connectivity index (χ4n) is 1.63. The second kappa shape index (κ2) is 2.95. The molecule has 0 aliphatic heterocycles. The fraction of sp³-hybridized carbons (Fsp3) is 0.750. The molecule has 0 aromatic heterocycles. The van der Waals surface area contributed by atoms with Gasteiger partial charge in [0, 0.05) is 18.3 Å². The van der Waals surface area contributed by atoms with Gasteiger partial charge < -0.3 is 4.79 Å². The molecule has 0 heterocycles. The number of carbonyl (C=O) groups is 2. The summed E-state index contributed by atoms with van der Waals surface area (Å²) in [5, 5.41) is 0. The van der Waals surface area contributed by atoms with Gasteiger partial charge >= 0.3 is 0 Å². The Balaban J connectivity index is 2.62. The maximum absolute atomic E-state index is 11.0. The van der Waals surface area contributed by atoms with E-state index in [1.54, 1.807) is 0 Å². The molecule has 1 saturated carbocycles. The van der Waals surface area contributed by atoms with Gasteiger partial charge in [-0.2, -0.15) is 0 Å². The van der Waals surface area contributed by atoms with Crippen LogP contribution in [0.5, 0.6) is 0 Å². The topological polar surface area (TPSA) is 34.1 Å². The predicted molar refractivity (Wildman–Crippen MR) is 37.6 cm³/mol. The number of rotatable bonds is 2. The predicted octanol–water partition coefficient (Wildman–Crippen LogP) is 1.19. The second-order valence-electron chi connectivity index (χ2n) is 2.82. The van der Waals surface area contributed by atoms with Gasteiger partial charge in [0.15, 0.2) is 0 Å². The molecule has 56 valence electrons. The maximum atomic E-state index is 11.0. The number of carbonyl (C=O) groups excluding carboxylic acids is 2. The van der Waals surface area contributed by atoms with E-state index in [1.165, 1.54) is 0 Å². The van der Waals surface area contributed by atoms with Gasteiger partial charge in [0.1, 0.15) is 12.1 Å². The molecule has 0 aromatic carbocycles. The second-order valence-corrected chi connectivity index (χ2v) is 2.82. The van der Waals surface area contributed by atoms with Crippen molar-refractivity contribution in [2.24, 2.45) is 11.8 Å². The van der Waals surface area contributed by atoms with Crippen LogP contribution < -0.4 is 0 Å². The number of aldehydes is 1. The highest BCUT2D eigenvalue weighted by Gasteiger charge is 2.32. The first kappa shape index (κ1) is 7.45. The minimum atomic E-state index is 0.0255. The molecule has 0 bridgehead atoms. The van der Waals surface area contributed by atoms with Gasteiger partial charge in [0.2, 0.25) is 0 Å². The third kappa shape index (κ3) is 1.11. The molecule has 0 N–H and O–H groups in total. The number of Topliss-reactive ketones (excluding diaryl/α,β-unsaturated/α-hetero) is 1. The van der Waals surface area contributed by atoms with Crippen molar-refractivity contribution in [3.63, 3.8) is 0 Å². The minimum Gasteiger partial charge on any atom is -0.303 e. The Morgan fingerprint density at radius 3 is 2.80 bits per heavy atom. The fourth-order valence-corrected chi connectivity index (χ4v) is 1.63. The highest BCUT2D eigenvalue weighted by Crippen LogP contribution is 2.29. The van der Waals surface area contributed by atoms with Gasteiger partial charge in [-0.25, -0.2) is 0 Å². The van der Waals surface area contributed by atoms with E-state index < -0.39 is 0 Å². The van der Waals surface area contributed by atoms with Crippen LogP contribution in [0, 0.1) is 11.8 Å². The molecule has 10 heavy (non-hydrogen) atoms. The average Bonchev–Trinajstić information content (AvgIpc) is 2.30. The molecule has 1 unspecified atom stereocenters. The van der Waals surface area contributed by atoms with Crippen LogP contribution in [0.25, 0.3) is 0 Å². The van der Waals surface area contributed by atoms with E-state index in [2.05, 4.69) is 0 Å². The zero-order valence-corrected chi connectivity index (χ0v) is 6.17. The number of ketones is 1. The van der Waals surface area contributed by atoms with Crippen molar-refractivity contribution >= 4 is 12.1 Å². The molecule has 0 saturated heterocycles. The van der Waals surface area contributed by atoms with E-state index in [1.807, 2.05) is 6.92 Å². The van der Waals surface area contributed by atoms with E-state index in [0.717, 1.165) is 19.1 Å². The Morgan fingerprint density at radius 1 is 1.70 bits per heavy atom. The Hall–Kier alpha value is -0.660. The van der Waals surface area contributed by atoms with E-state index in [-0.39, 0.29) is 17.6 Å². The molecular formula is C8H12O2. The molecule has 2 atom stereocenters. The third-order valence-electron chi connectivity index (χ3n) is 2.27. The summed E-state index contributed by atoms with van der Waals surface area (Å²) in [6.07, 6.45) is 3.14. The summed E-state index contributed by atoms with van der Waals surface area (Å²) in [6, 6.07) is 0. The van der Waals surface area contributed by atoms with E-state index in [0.29, 0.717) is 6.42 Å². The van der Waals surface area contributed by atoms with Gasteiger partial charge in [-0.3, -0.25) is 4.79 Å². The summed E-state index contributed by atoms with van der Waals surface area (Å²) in [5.74, 6) is 0.342. The lowest BCUT2D eigenvalue weighted by Crippen LogP contribution is -2.14. The molecular weight excluding hydrogens is 128 g/mol. The Morgan fingerprint density at radius 2 is 2.40 bits per heavy atom. The lowest BCUT2D eigenvalue weighted by molar-refractivity contribution is -0.123. The third-order valence-corrected chi connectivity index (χ3v) is 2.27. The van der Waals surface area contributed by atoms with Crippen LogP contribution in [-0.2, 0) is 9.59 Å². The molecule has 0 amide bonds. The van der Waals surface area contributed by atoms with Crippen LogP contribution in [-0.4, -0.2) is 12.1 Å². The average molecular weight is 140 g/mol. The van der Waals surface area contributed by atoms with Crippen LogP contribution in [0.2, 0.25) is 0 Å². The van der Waals surface area contributed by atoms with Crippen LogP contribution in [0.15, 0.2) is 0 Å². The highest BCUT2D eigenvalue weighted by molar-refractivity contribution is 5.86. The zero-order chi connectivity index (χ0) is 7.56. The van der Waals surface area contributed by atoms with Crippen molar-refractivity contribution in [3.05, 3.63) is 0 Å². The summed E-state index contributed by atoms with van der Waals surface area (Å²) >= 11 is 0. The largest absolute Gasteiger partial charge is 0.303 e. The van der Waals surface area contributed by atoms with Crippen molar-refractivity contribution in [1.29, 1.82) is 0 Å². The maximum Gasteiger partial charge on any atom is 0.136 e. The summed E-state index contributed by atoms with van der Waals surface area (Å²) < 4.78 is 0. The van der Waals surface area contributed by atoms with Gasteiger partial charge in [0.25, 0.3) is 0 Å². The molecule has 1 aliphatic carbocycles. The van der Waals surface area contributed by atoms with Crippen molar-refractivity contribution in [2.75, 3.05) is 0 Å². The first-order valence-electron chi connectivity index (χ1n) is 3.77. The number of hydrogen-bond donors (Lipinski definition) is 0. The van der Waals surface area contributed by atoms with Crippen molar-refractivity contribution in [3.8, 4) is 0 Å². The van der Waals surface area contributed by atoms with Crippen molar-refractivity contribution in [1.82, 2.24) is 0 Å². The van der Waals surface area contributed by atoms with Crippen LogP contribution in [0.1, 0.15) is 26.2 Å². The Bertz CT molecular complexity index is 151. The van der Waals surface area contributed by atoms with E-state index in [4.69, 9.17) is 0 Å². The Labute approximate surface area is 60.6 Å². The summed E-state index contributed by atoms with van der Waals surface area (Å²) in [7, 11) is 0. The normalized spacial score (nSPS) is 32.7. The van der Waals surface area contributed by atoms with Crippen LogP contribution in [0.3, 0.4) is 0 Å². The molecule has 2 nitrogen and oxygen atoms in total. The first-order chi connectivity index (χ1) is 4.79. The zero-order valence-electron chi connectivity index (χ0n) is 6.17. The summed E-state index contributed by atoms with van der Waals surface area (Å²) in [6.45, 7) is 1.96. The molecule has 0 radical (unpaired) electrons. The monoisotopic (exact) mass is 140 g/mol. The number of hydrogen-bond acceptors (Lipinski definition) is 2. The molecule has 1 aliphatic rings. The highest BCUT2D eigenvalue weighted by atomic mass is 16.1. The standard InChI is InChI=1S/C8H12O2/c1-2-7-6(5-9)3-4-8(7)10/h5-7H,2-4H2,1H3/t6?,7-/m1/s1. The smallest absolute Gasteiger partial charge is 0.136 e. The first-order valence-corrected chi connectivity index (χ1v) is 3.77. The molecule has 0 spiro atoms. The van der Waals surface area contributed by atoms with Crippen LogP contribution in [0.4, 0.5) is 0 Å².